The average molecular weight is 363 g/mol. The number of rotatable bonds is 4. The molecule has 3 aromatic heterocycles. The van der Waals surface area contributed by atoms with Crippen molar-refractivity contribution >= 4 is 27.5 Å². The molecule has 0 saturated carbocycles. The van der Waals surface area contributed by atoms with Gasteiger partial charge in [0.05, 0.1) is 16.7 Å². The van der Waals surface area contributed by atoms with Gasteiger partial charge in [0.25, 0.3) is 5.91 Å². The number of fused-ring (bicyclic) bond motifs is 1. The van der Waals surface area contributed by atoms with Gasteiger partial charge in [-0.3, -0.25) is 9.48 Å². The van der Waals surface area contributed by atoms with Gasteiger partial charge in [-0.2, -0.15) is 10.2 Å². The van der Waals surface area contributed by atoms with E-state index in [9.17, 15) is 4.79 Å². The Morgan fingerprint density at radius 1 is 1.41 bits per heavy atom. The highest BCUT2D eigenvalue weighted by Crippen LogP contribution is 2.12. The van der Waals surface area contributed by atoms with E-state index in [1.165, 1.54) is 0 Å². The monoisotopic (exact) mass is 362 g/mol. The van der Waals surface area contributed by atoms with Crippen molar-refractivity contribution in [1.29, 1.82) is 0 Å². The van der Waals surface area contributed by atoms with Gasteiger partial charge in [0, 0.05) is 38.2 Å². The van der Waals surface area contributed by atoms with E-state index in [0.717, 1.165) is 16.7 Å². The van der Waals surface area contributed by atoms with Crippen molar-refractivity contribution in [3.63, 3.8) is 0 Å². The van der Waals surface area contributed by atoms with Crippen LogP contribution < -0.4 is 0 Å². The summed E-state index contributed by atoms with van der Waals surface area (Å²) in [5.74, 6) is -0.160. The summed E-state index contributed by atoms with van der Waals surface area (Å²) in [5, 5.41) is 8.64. The van der Waals surface area contributed by atoms with E-state index in [4.69, 9.17) is 0 Å². The first-order valence-corrected chi connectivity index (χ1v) is 7.65. The molecule has 22 heavy (non-hydrogen) atoms. The zero-order chi connectivity index (χ0) is 15.7. The first kappa shape index (κ1) is 14.7. The molecular weight excluding hydrogens is 348 g/mol. The highest BCUT2D eigenvalue weighted by molar-refractivity contribution is 9.10. The molecular formula is C14H15BrN6O. The van der Waals surface area contributed by atoms with E-state index in [0.29, 0.717) is 17.9 Å². The van der Waals surface area contributed by atoms with E-state index in [1.54, 1.807) is 34.9 Å². The van der Waals surface area contributed by atoms with Crippen LogP contribution in [-0.2, 0) is 13.1 Å². The molecule has 8 heteroatoms. The third-order valence-electron chi connectivity index (χ3n) is 3.27. The van der Waals surface area contributed by atoms with Crippen molar-refractivity contribution in [2.24, 2.45) is 0 Å². The number of hydrogen-bond acceptors (Lipinski definition) is 4. The molecule has 0 aliphatic rings. The van der Waals surface area contributed by atoms with Crippen LogP contribution in [0.4, 0.5) is 0 Å². The number of hydrogen-bond donors (Lipinski definition) is 0. The van der Waals surface area contributed by atoms with E-state index in [-0.39, 0.29) is 5.91 Å². The molecule has 0 saturated heterocycles. The largest absolute Gasteiger partial charge is 0.334 e. The van der Waals surface area contributed by atoms with Crippen molar-refractivity contribution in [3.05, 3.63) is 46.6 Å². The molecule has 0 radical (unpaired) electrons. The predicted octanol–water partition coefficient (Wildman–Crippen LogP) is 1.98. The molecule has 0 atom stereocenters. The molecule has 0 bridgehead atoms. The van der Waals surface area contributed by atoms with Crippen LogP contribution in [0.3, 0.4) is 0 Å². The number of carbonyl (C=O) groups is 1. The molecule has 0 unspecified atom stereocenters. The van der Waals surface area contributed by atoms with Crippen LogP contribution in [0, 0.1) is 0 Å². The van der Waals surface area contributed by atoms with Crippen molar-refractivity contribution in [2.45, 2.75) is 20.0 Å². The van der Waals surface area contributed by atoms with E-state index in [1.807, 2.05) is 23.9 Å². The molecule has 0 fully saturated rings. The summed E-state index contributed by atoms with van der Waals surface area (Å²) in [4.78, 5) is 18.3. The molecule has 114 valence electrons. The molecule has 7 nitrogen and oxygen atoms in total. The quantitative estimate of drug-likeness (QED) is 0.711. The fourth-order valence-electron chi connectivity index (χ4n) is 2.13. The van der Waals surface area contributed by atoms with E-state index >= 15 is 0 Å². The number of amides is 1. The number of halogens is 1. The van der Waals surface area contributed by atoms with Crippen LogP contribution in [0.1, 0.15) is 23.1 Å². The number of nitrogens with zero attached hydrogens (tertiary/aromatic N) is 6. The Labute approximate surface area is 135 Å². The molecule has 1 amide bonds. The summed E-state index contributed by atoms with van der Waals surface area (Å²) < 4.78 is 4.22. The topological polar surface area (TPSA) is 68.3 Å². The Morgan fingerprint density at radius 3 is 2.95 bits per heavy atom. The minimum atomic E-state index is -0.160. The molecule has 0 aliphatic carbocycles. The third kappa shape index (κ3) is 2.87. The predicted molar refractivity (Wildman–Crippen MR) is 84.4 cm³/mol. The maximum absolute atomic E-state index is 12.5. The van der Waals surface area contributed by atoms with Crippen molar-refractivity contribution < 1.29 is 4.79 Å². The smallest absolute Gasteiger partial charge is 0.274 e. The van der Waals surface area contributed by atoms with Gasteiger partial charge in [-0.1, -0.05) is 0 Å². The number of carbonyl (C=O) groups excluding carboxylic acids is 1. The Kier molecular flexibility index (Phi) is 3.93. The first-order chi connectivity index (χ1) is 10.6. The van der Waals surface area contributed by atoms with Crippen molar-refractivity contribution in [1.82, 2.24) is 29.3 Å². The molecule has 0 N–H and O–H groups in total. The second-order valence-corrected chi connectivity index (χ2v) is 5.84. The summed E-state index contributed by atoms with van der Waals surface area (Å²) in [6.45, 7) is 3.27. The summed E-state index contributed by atoms with van der Waals surface area (Å²) >= 11 is 3.33. The highest BCUT2D eigenvalue weighted by Gasteiger charge is 2.17. The zero-order valence-electron chi connectivity index (χ0n) is 12.3. The lowest BCUT2D eigenvalue weighted by Gasteiger charge is -2.13. The van der Waals surface area contributed by atoms with Gasteiger partial charge in [0.15, 0.2) is 11.3 Å². The van der Waals surface area contributed by atoms with E-state index in [2.05, 4.69) is 31.1 Å². The van der Waals surface area contributed by atoms with Crippen LogP contribution in [0.25, 0.3) is 5.65 Å². The Balaban J connectivity index is 1.78. The average Bonchev–Trinajstić information content (AvgIpc) is 3.12. The lowest BCUT2D eigenvalue weighted by Crippen LogP contribution is -2.26. The highest BCUT2D eigenvalue weighted by atomic mass is 79.9. The number of aryl methyl sites for hydroxylation is 1. The molecule has 0 aliphatic heterocycles. The molecule has 0 aromatic carbocycles. The molecule has 0 spiro atoms. The normalized spacial score (nSPS) is 11.0. The Morgan fingerprint density at radius 2 is 2.23 bits per heavy atom. The van der Waals surface area contributed by atoms with E-state index < -0.39 is 0 Å². The first-order valence-electron chi connectivity index (χ1n) is 6.85. The minimum Gasteiger partial charge on any atom is -0.334 e. The van der Waals surface area contributed by atoms with Gasteiger partial charge in [-0.25, -0.2) is 9.50 Å². The second-order valence-electron chi connectivity index (χ2n) is 4.93. The maximum atomic E-state index is 12.5. The molecule has 3 heterocycles. The van der Waals surface area contributed by atoms with Gasteiger partial charge in [0.2, 0.25) is 0 Å². The van der Waals surface area contributed by atoms with Gasteiger partial charge >= 0.3 is 0 Å². The fraction of sp³-hybridized carbons (Fsp3) is 0.286. The standard InChI is InChI=1S/C14H15BrN6O/c1-3-20-5-4-11(17-20)9-19(2)14(22)12-6-13-16-7-10(15)8-21(13)18-12/h4-8H,3,9H2,1-2H3. The van der Waals surface area contributed by atoms with Crippen molar-refractivity contribution in [3.8, 4) is 0 Å². The lowest BCUT2D eigenvalue weighted by molar-refractivity contribution is 0.0777. The van der Waals surface area contributed by atoms with Crippen LogP contribution in [0.15, 0.2) is 35.2 Å². The molecule has 3 aromatic rings. The Bertz CT molecular complexity index is 824. The summed E-state index contributed by atoms with van der Waals surface area (Å²) in [5.41, 5.74) is 1.85. The van der Waals surface area contributed by atoms with Crippen LogP contribution >= 0.6 is 15.9 Å². The van der Waals surface area contributed by atoms with Gasteiger partial charge in [-0.15, -0.1) is 0 Å². The minimum absolute atomic E-state index is 0.160. The number of aromatic nitrogens is 5. The Hall–Kier alpha value is -2.22. The second kappa shape index (κ2) is 5.88. The van der Waals surface area contributed by atoms with Crippen LogP contribution in [0.2, 0.25) is 0 Å². The fourth-order valence-corrected chi connectivity index (χ4v) is 2.43. The maximum Gasteiger partial charge on any atom is 0.274 e. The van der Waals surface area contributed by atoms with Gasteiger partial charge < -0.3 is 4.90 Å². The van der Waals surface area contributed by atoms with Crippen LogP contribution in [-0.4, -0.2) is 42.2 Å². The van der Waals surface area contributed by atoms with Gasteiger partial charge in [-0.05, 0) is 28.9 Å². The van der Waals surface area contributed by atoms with Gasteiger partial charge in [0.1, 0.15) is 0 Å². The summed E-state index contributed by atoms with van der Waals surface area (Å²) in [6.07, 6.45) is 5.34. The summed E-state index contributed by atoms with van der Waals surface area (Å²) in [7, 11) is 1.74. The van der Waals surface area contributed by atoms with Crippen molar-refractivity contribution in [2.75, 3.05) is 7.05 Å². The summed E-state index contributed by atoms with van der Waals surface area (Å²) in [6, 6.07) is 3.59. The SMILES string of the molecule is CCn1ccc(CN(C)C(=O)c2cc3ncc(Br)cn3n2)n1. The molecule has 3 rings (SSSR count). The zero-order valence-corrected chi connectivity index (χ0v) is 13.9. The van der Waals surface area contributed by atoms with Crippen LogP contribution in [0.5, 0.6) is 0 Å². The third-order valence-corrected chi connectivity index (χ3v) is 3.68. The lowest BCUT2D eigenvalue weighted by atomic mass is 10.3.